The average molecular weight is 1380 g/mol. The summed E-state index contributed by atoms with van der Waals surface area (Å²) in [6.07, 6.45) is 48.7. The first kappa shape index (κ1) is 92.1. The highest BCUT2D eigenvalue weighted by atomic mass is 31.2. The van der Waals surface area contributed by atoms with Crippen molar-refractivity contribution in [1.29, 1.82) is 0 Å². The molecule has 3 unspecified atom stereocenters. The SMILES string of the molecule is CC(C)CCCCCCCCCCCCCCCCC(=O)OC[C@H](COP(=O)(O)OCC(O)COP(=O)(O)OC[C@@H](COC(=O)CCCCCCCCCC(C)C)OC(=O)CCCCCCCCCCCCCCCC(C)C)OC(=O)CCCCCCCCCCC(C)C. The molecule has 0 saturated heterocycles. The third-order valence-corrected chi connectivity index (χ3v) is 19.2. The number of unbranched alkanes of at least 4 members (excludes halogenated alkanes) is 38. The van der Waals surface area contributed by atoms with Gasteiger partial charge in [0.2, 0.25) is 0 Å². The van der Waals surface area contributed by atoms with Crippen LogP contribution in [0.25, 0.3) is 0 Å². The molecule has 0 spiro atoms. The van der Waals surface area contributed by atoms with Gasteiger partial charge >= 0.3 is 39.5 Å². The number of hydrogen-bond acceptors (Lipinski definition) is 15. The van der Waals surface area contributed by atoms with Crippen LogP contribution in [0.5, 0.6) is 0 Å². The van der Waals surface area contributed by atoms with Crippen molar-refractivity contribution < 1.29 is 80.2 Å². The molecule has 0 amide bonds. The summed E-state index contributed by atoms with van der Waals surface area (Å²) in [6, 6.07) is 0. The largest absolute Gasteiger partial charge is 0.472 e. The van der Waals surface area contributed by atoms with E-state index in [0.717, 1.165) is 114 Å². The second-order valence-corrected chi connectivity index (χ2v) is 31.9. The predicted octanol–water partition coefficient (Wildman–Crippen LogP) is 21.7. The van der Waals surface area contributed by atoms with Crippen LogP contribution in [0.4, 0.5) is 0 Å². The van der Waals surface area contributed by atoms with Gasteiger partial charge in [-0.25, -0.2) is 9.13 Å². The van der Waals surface area contributed by atoms with E-state index in [2.05, 4.69) is 55.4 Å². The molecule has 94 heavy (non-hydrogen) atoms. The zero-order valence-corrected chi connectivity index (χ0v) is 63.4. The zero-order chi connectivity index (χ0) is 69.6. The lowest BCUT2D eigenvalue weighted by molar-refractivity contribution is -0.161. The molecule has 5 atom stereocenters. The summed E-state index contributed by atoms with van der Waals surface area (Å²) in [5.74, 6) is 0.885. The summed E-state index contributed by atoms with van der Waals surface area (Å²) in [5.41, 5.74) is 0. The summed E-state index contributed by atoms with van der Waals surface area (Å²) in [4.78, 5) is 72.7. The van der Waals surface area contributed by atoms with Crippen molar-refractivity contribution in [1.82, 2.24) is 0 Å². The fraction of sp³-hybridized carbons (Fsp3) is 0.947. The minimum atomic E-state index is -4.96. The van der Waals surface area contributed by atoms with Crippen LogP contribution in [0.15, 0.2) is 0 Å². The van der Waals surface area contributed by atoms with Crippen molar-refractivity contribution in [2.75, 3.05) is 39.6 Å². The number of aliphatic hydroxyl groups is 1. The molecule has 0 rings (SSSR count). The fourth-order valence-electron chi connectivity index (χ4n) is 11.4. The first-order valence-corrected chi connectivity index (χ1v) is 41.7. The number of hydrogen-bond donors (Lipinski definition) is 3. The lowest BCUT2D eigenvalue weighted by Crippen LogP contribution is -2.30. The van der Waals surface area contributed by atoms with Gasteiger partial charge in [-0.05, 0) is 49.4 Å². The average Bonchev–Trinajstić information content (AvgIpc) is 2.23. The van der Waals surface area contributed by atoms with E-state index >= 15 is 0 Å². The van der Waals surface area contributed by atoms with Gasteiger partial charge in [0.1, 0.15) is 19.3 Å². The van der Waals surface area contributed by atoms with Crippen LogP contribution in [0.2, 0.25) is 0 Å². The highest BCUT2D eigenvalue weighted by molar-refractivity contribution is 7.47. The van der Waals surface area contributed by atoms with Crippen LogP contribution in [0.1, 0.15) is 376 Å². The quantitative estimate of drug-likeness (QED) is 0.0222. The molecular formula is C75H146O17P2. The maximum atomic E-state index is 13.1. The Balaban J connectivity index is 5.21. The summed E-state index contributed by atoms with van der Waals surface area (Å²) in [6.45, 7) is 14.1. The Kier molecular flexibility index (Phi) is 63.1. The van der Waals surface area contributed by atoms with Crippen LogP contribution in [-0.2, 0) is 65.4 Å². The number of aliphatic hydroxyl groups excluding tert-OH is 1. The number of ether oxygens (including phenoxy) is 4. The Bertz CT molecular complexity index is 1850. The van der Waals surface area contributed by atoms with E-state index in [0.29, 0.717) is 31.6 Å². The monoisotopic (exact) mass is 1380 g/mol. The van der Waals surface area contributed by atoms with Crippen molar-refractivity contribution in [3.63, 3.8) is 0 Å². The molecule has 0 saturated carbocycles. The molecule has 558 valence electrons. The number of phosphoric acid groups is 2. The second kappa shape index (κ2) is 64.4. The smallest absolute Gasteiger partial charge is 0.462 e. The number of carbonyl (C=O) groups is 4. The Morgan fingerprint density at radius 1 is 0.266 bits per heavy atom. The van der Waals surface area contributed by atoms with Gasteiger partial charge in [-0.2, -0.15) is 0 Å². The normalized spacial score (nSPS) is 14.2. The van der Waals surface area contributed by atoms with Crippen molar-refractivity contribution in [3.8, 4) is 0 Å². The van der Waals surface area contributed by atoms with Crippen LogP contribution in [0, 0.1) is 23.7 Å². The lowest BCUT2D eigenvalue weighted by Gasteiger charge is -2.21. The molecular weight excluding hydrogens is 1230 g/mol. The van der Waals surface area contributed by atoms with E-state index in [1.807, 2.05) is 0 Å². The maximum Gasteiger partial charge on any atom is 0.472 e. The van der Waals surface area contributed by atoms with E-state index < -0.39 is 97.5 Å². The van der Waals surface area contributed by atoms with Crippen molar-refractivity contribution >= 4 is 39.5 Å². The lowest BCUT2D eigenvalue weighted by atomic mass is 10.0. The van der Waals surface area contributed by atoms with Gasteiger partial charge in [0.25, 0.3) is 0 Å². The molecule has 3 N–H and O–H groups in total. The van der Waals surface area contributed by atoms with Crippen LogP contribution in [0.3, 0.4) is 0 Å². The van der Waals surface area contributed by atoms with Gasteiger partial charge in [-0.15, -0.1) is 0 Å². The van der Waals surface area contributed by atoms with Crippen LogP contribution < -0.4 is 0 Å². The molecule has 17 nitrogen and oxygen atoms in total. The van der Waals surface area contributed by atoms with Gasteiger partial charge in [0.05, 0.1) is 26.4 Å². The molecule has 0 aliphatic carbocycles. The molecule has 0 heterocycles. The molecule has 0 aromatic carbocycles. The zero-order valence-electron chi connectivity index (χ0n) is 61.6. The van der Waals surface area contributed by atoms with Gasteiger partial charge in [-0.1, -0.05) is 325 Å². The first-order chi connectivity index (χ1) is 45.1. The molecule has 0 aliphatic rings. The van der Waals surface area contributed by atoms with Crippen LogP contribution >= 0.6 is 15.6 Å². The van der Waals surface area contributed by atoms with Gasteiger partial charge in [0.15, 0.2) is 12.2 Å². The van der Waals surface area contributed by atoms with Crippen molar-refractivity contribution in [2.24, 2.45) is 23.7 Å². The van der Waals surface area contributed by atoms with Gasteiger partial charge in [-0.3, -0.25) is 37.3 Å². The molecule has 0 aromatic heterocycles. The molecule has 0 radical (unpaired) electrons. The van der Waals surface area contributed by atoms with Crippen molar-refractivity contribution in [3.05, 3.63) is 0 Å². The number of phosphoric ester groups is 2. The molecule has 0 aliphatic heterocycles. The Hall–Kier alpha value is -1.94. The first-order valence-electron chi connectivity index (χ1n) is 38.7. The number of carbonyl (C=O) groups excluding carboxylic acids is 4. The summed E-state index contributed by atoms with van der Waals surface area (Å²) >= 11 is 0. The van der Waals surface area contributed by atoms with Gasteiger partial charge < -0.3 is 33.8 Å². The van der Waals surface area contributed by atoms with E-state index in [1.54, 1.807) is 0 Å². The number of esters is 4. The van der Waals surface area contributed by atoms with E-state index in [1.165, 1.54) is 173 Å². The highest BCUT2D eigenvalue weighted by Gasteiger charge is 2.30. The fourth-order valence-corrected chi connectivity index (χ4v) is 13.0. The Labute approximate surface area is 575 Å². The highest BCUT2D eigenvalue weighted by Crippen LogP contribution is 2.45. The summed E-state index contributed by atoms with van der Waals surface area (Å²) in [7, 11) is -9.91. The van der Waals surface area contributed by atoms with E-state index in [4.69, 9.17) is 37.0 Å². The summed E-state index contributed by atoms with van der Waals surface area (Å²) < 4.78 is 68.5. The minimum Gasteiger partial charge on any atom is -0.462 e. The maximum absolute atomic E-state index is 13.1. The Morgan fingerprint density at radius 2 is 0.447 bits per heavy atom. The van der Waals surface area contributed by atoms with E-state index in [-0.39, 0.29) is 25.7 Å². The third kappa shape index (κ3) is 68.6. The standard InChI is InChI=1S/C75H146O17P2/c1-65(2)51-43-35-27-20-16-12-9-10-14-18-22-31-39-47-55-72(77)85-61-70(92-75(80)58-50-42-33-25-24-29-37-45-53-67(5)6)63-89-93(81,82)87-59-69(76)60-88-94(83,84)90-64-71(62-86-73(78)56-48-40-34-26-30-38-46-54-68(7)8)91-74(79)57-49-41-32-23-19-15-11-13-17-21-28-36-44-52-66(3)4/h65-71,76H,9-64H2,1-8H3,(H,81,82)(H,83,84)/t69?,70-,71-/m1/s1. The summed E-state index contributed by atoms with van der Waals surface area (Å²) in [5, 5.41) is 10.6. The third-order valence-electron chi connectivity index (χ3n) is 17.3. The topological polar surface area (TPSA) is 237 Å². The molecule has 19 heteroatoms. The van der Waals surface area contributed by atoms with Gasteiger partial charge in [0, 0.05) is 25.7 Å². The second-order valence-electron chi connectivity index (χ2n) is 28.9. The molecule has 0 bridgehead atoms. The predicted molar refractivity (Wildman–Crippen MR) is 381 cm³/mol. The van der Waals surface area contributed by atoms with Crippen molar-refractivity contribution in [2.45, 2.75) is 395 Å². The minimum absolute atomic E-state index is 0.104. The van der Waals surface area contributed by atoms with E-state index in [9.17, 15) is 43.2 Å². The molecule has 0 fully saturated rings. The van der Waals surface area contributed by atoms with Crippen LogP contribution in [-0.4, -0.2) is 96.7 Å². The number of rotatable bonds is 72. The molecule has 0 aromatic rings. The Morgan fingerprint density at radius 3 is 0.660 bits per heavy atom.